The molecule has 0 spiro atoms. The van der Waals surface area contributed by atoms with Crippen LogP contribution < -0.4 is 0 Å². The fourth-order valence-electron chi connectivity index (χ4n) is 8.84. The van der Waals surface area contributed by atoms with Crippen molar-refractivity contribution in [2.75, 3.05) is 0 Å². The molecule has 2 aromatic heterocycles. The van der Waals surface area contributed by atoms with Gasteiger partial charge in [0.25, 0.3) is 0 Å². The van der Waals surface area contributed by atoms with Crippen molar-refractivity contribution < 1.29 is 0 Å². The lowest BCUT2D eigenvalue weighted by Gasteiger charge is -2.21. The van der Waals surface area contributed by atoms with E-state index in [1.807, 2.05) is 42.5 Å². The Labute approximate surface area is 367 Å². The lowest BCUT2D eigenvalue weighted by molar-refractivity contribution is 0.660. The highest BCUT2D eigenvalue weighted by Crippen LogP contribution is 2.49. The second-order valence-corrected chi connectivity index (χ2v) is 16.5. The molecule has 1 aliphatic rings. The zero-order valence-electron chi connectivity index (χ0n) is 34.9. The Morgan fingerprint density at radius 2 is 0.635 bits per heavy atom. The summed E-state index contributed by atoms with van der Waals surface area (Å²) in [5.74, 6) is 2.57. The summed E-state index contributed by atoms with van der Waals surface area (Å²) in [6, 6.07) is 73.8. The molecule has 2 heterocycles. The summed E-state index contributed by atoms with van der Waals surface area (Å²) >= 11 is 0. The monoisotopic (exact) mass is 807 g/mol. The Balaban J connectivity index is 0.986. The molecule has 0 fully saturated rings. The Kier molecular flexibility index (Phi) is 9.43. The maximum Gasteiger partial charge on any atom is 0.164 e. The van der Waals surface area contributed by atoms with Crippen LogP contribution in [0.25, 0.3) is 101 Å². The van der Waals surface area contributed by atoms with Crippen molar-refractivity contribution in [2.24, 2.45) is 0 Å². The third-order valence-electron chi connectivity index (χ3n) is 12.1. The minimum Gasteiger partial charge on any atom is -0.228 e. The molecule has 0 saturated heterocycles. The molecule has 10 aromatic rings. The highest BCUT2D eigenvalue weighted by molar-refractivity contribution is 5.84. The lowest BCUT2D eigenvalue weighted by atomic mass is 9.82. The van der Waals surface area contributed by atoms with Crippen LogP contribution in [0.1, 0.15) is 25.0 Å². The van der Waals surface area contributed by atoms with Crippen LogP contribution in [0.5, 0.6) is 0 Å². The van der Waals surface area contributed by atoms with Crippen LogP contribution in [-0.4, -0.2) is 24.9 Å². The molecular weight excluding hydrogens is 767 g/mol. The fraction of sp³-hybridized carbons (Fsp3) is 0.0517. The van der Waals surface area contributed by atoms with Gasteiger partial charge in [0.1, 0.15) is 0 Å². The van der Waals surface area contributed by atoms with E-state index in [9.17, 15) is 0 Å². The third kappa shape index (κ3) is 7.19. The van der Waals surface area contributed by atoms with Gasteiger partial charge in [-0.3, -0.25) is 0 Å². The molecule has 0 N–H and O–H groups in total. The minimum atomic E-state index is -0.146. The van der Waals surface area contributed by atoms with Gasteiger partial charge in [0, 0.05) is 38.8 Å². The van der Waals surface area contributed by atoms with Crippen molar-refractivity contribution in [1.29, 1.82) is 0 Å². The van der Waals surface area contributed by atoms with E-state index in [1.165, 1.54) is 22.3 Å². The van der Waals surface area contributed by atoms with Crippen LogP contribution in [0.15, 0.2) is 212 Å². The first-order chi connectivity index (χ1) is 30.9. The second kappa shape index (κ2) is 15.7. The van der Waals surface area contributed by atoms with Crippen LogP contribution >= 0.6 is 0 Å². The second-order valence-electron chi connectivity index (χ2n) is 16.5. The predicted molar refractivity (Wildman–Crippen MR) is 256 cm³/mol. The highest BCUT2D eigenvalue weighted by atomic mass is 15.0. The molecule has 0 radical (unpaired) electrons. The quantitative estimate of drug-likeness (QED) is 0.153. The molecule has 1 aliphatic carbocycles. The van der Waals surface area contributed by atoms with Gasteiger partial charge in [0.2, 0.25) is 0 Å². The summed E-state index contributed by atoms with van der Waals surface area (Å²) in [4.78, 5) is 25.7. The molecule has 0 saturated carbocycles. The predicted octanol–water partition coefficient (Wildman–Crippen LogP) is 14.3. The Morgan fingerprint density at radius 3 is 1.21 bits per heavy atom. The van der Waals surface area contributed by atoms with Gasteiger partial charge in [0.15, 0.2) is 23.3 Å². The third-order valence-corrected chi connectivity index (χ3v) is 12.1. The van der Waals surface area contributed by atoms with E-state index in [-0.39, 0.29) is 5.41 Å². The zero-order valence-corrected chi connectivity index (χ0v) is 34.9. The summed E-state index contributed by atoms with van der Waals surface area (Å²) in [5, 5.41) is 0. The molecule has 0 bridgehead atoms. The maximum atomic E-state index is 5.18. The molecule has 0 atom stereocenters. The number of rotatable bonds is 8. The molecule has 8 aromatic carbocycles. The maximum absolute atomic E-state index is 5.18. The number of hydrogen-bond donors (Lipinski definition) is 0. The molecule has 11 rings (SSSR count). The van der Waals surface area contributed by atoms with Crippen LogP contribution in [0, 0.1) is 0 Å². The Morgan fingerprint density at radius 1 is 0.254 bits per heavy atom. The standard InChI is InChI=1S/C58H41N5/c1-58(2)50-30-13-12-29-48(50)49-32-31-47(36-51(49)58)57-62-55(40-21-10-5-11-22-40)61-56(63-57)46-28-16-25-43(35-46)42-24-15-27-45(34-42)53-37-52(59-54(60-53)39-19-8-4-9-20-39)44-26-14-23-41(33-44)38-17-6-3-7-18-38/h3-37H,1-2H3. The van der Waals surface area contributed by atoms with E-state index in [2.05, 4.69) is 184 Å². The van der Waals surface area contributed by atoms with Crippen molar-refractivity contribution in [2.45, 2.75) is 19.3 Å². The molecule has 5 nitrogen and oxygen atoms in total. The summed E-state index contributed by atoms with van der Waals surface area (Å²) in [5.41, 5.74) is 16.9. The number of fused-ring (bicyclic) bond motifs is 3. The number of aromatic nitrogens is 5. The van der Waals surface area contributed by atoms with E-state index in [0.29, 0.717) is 23.3 Å². The molecular formula is C58H41N5. The summed E-state index contributed by atoms with van der Waals surface area (Å²) < 4.78 is 0. The van der Waals surface area contributed by atoms with E-state index in [4.69, 9.17) is 24.9 Å². The highest BCUT2D eigenvalue weighted by Gasteiger charge is 2.35. The van der Waals surface area contributed by atoms with Gasteiger partial charge in [-0.05, 0) is 74.8 Å². The van der Waals surface area contributed by atoms with Gasteiger partial charge in [-0.1, -0.05) is 196 Å². The number of nitrogens with zero attached hydrogens (tertiary/aromatic N) is 5. The number of benzene rings is 8. The molecule has 298 valence electrons. The van der Waals surface area contributed by atoms with E-state index >= 15 is 0 Å². The molecule has 0 amide bonds. The van der Waals surface area contributed by atoms with Crippen molar-refractivity contribution in [3.8, 4) is 101 Å². The van der Waals surface area contributed by atoms with E-state index in [0.717, 1.165) is 67.0 Å². The van der Waals surface area contributed by atoms with E-state index in [1.54, 1.807) is 0 Å². The SMILES string of the molecule is CC1(C)c2ccccc2-c2ccc(-c3nc(-c4ccccc4)nc(-c4cccc(-c5cccc(-c6cc(-c7cccc(-c8ccccc8)c7)nc(-c7ccccc7)n6)c5)c4)n3)cc21. The minimum absolute atomic E-state index is 0.146. The first-order valence-electron chi connectivity index (χ1n) is 21.3. The summed E-state index contributed by atoms with van der Waals surface area (Å²) in [6.45, 7) is 4.60. The topological polar surface area (TPSA) is 64.5 Å². The molecule has 63 heavy (non-hydrogen) atoms. The van der Waals surface area contributed by atoms with Gasteiger partial charge in [-0.25, -0.2) is 24.9 Å². The average Bonchev–Trinajstić information content (AvgIpc) is 3.59. The normalized spacial score (nSPS) is 12.4. The van der Waals surface area contributed by atoms with Gasteiger partial charge < -0.3 is 0 Å². The van der Waals surface area contributed by atoms with E-state index < -0.39 is 0 Å². The van der Waals surface area contributed by atoms with Crippen LogP contribution in [-0.2, 0) is 5.41 Å². The first kappa shape index (κ1) is 37.8. The lowest BCUT2D eigenvalue weighted by Crippen LogP contribution is -2.15. The van der Waals surface area contributed by atoms with Gasteiger partial charge >= 0.3 is 0 Å². The van der Waals surface area contributed by atoms with Crippen LogP contribution in [0.2, 0.25) is 0 Å². The van der Waals surface area contributed by atoms with Crippen molar-refractivity contribution in [3.05, 3.63) is 223 Å². The largest absolute Gasteiger partial charge is 0.228 e. The Hall–Kier alpha value is -8.15. The van der Waals surface area contributed by atoms with Crippen LogP contribution in [0.4, 0.5) is 0 Å². The summed E-state index contributed by atoms with van der Waals surface area (Å²) in [6.07, 6.45) is 0. The van der Waals surface area contributed by atoms with Gasteiger partial charge in [-0.2, -0.15) is 0 Å². The zero-order chi connectivity index (χ0) is 42.3. The van der Waals surface area contributed by atoms with Gasteiger partial charge in [-0.15, -0.1) is 0 Å². The van der Waals surface area contributed by atoms with Crippen molar-refractivity contribution in [3.63, 3.8) is 0 Å². The van der Waals surface area contributed by atoms with Crippen molar-refractivity contribution in [1.82, 2.24) is 24.9 Å². The smallest absolute Gasteiger partial charge is 0.164 e. The molecule has 0 aliphatic heterocycles. The van der Waals surface area contributed by atoms with Crippen molar-refractivity contribution >= 4 is 0 Å². The molecule has 0 unspecified atom stereocenters. The first-order valence-corrected chi connectivity index (χ1v) is 21.3. The van der Waals surface area contributed by atoms with Gasteiger partial charge in [0.05, 0.1) is 11.4 Å². The average molecular weight is 808 g/mol. The summed E-state index contributed by atoms with van der Waals surface area (Å²) in [7, 11) is 0. The molecule has 5 heteroatoms. The number of hydrogen-bond acceptors (Lipinski definition) is 5. The van der Waals surface area contributed by atoms with Crippen LogP contribution in [0.3, 0.4) is 0 Å². The fourth-order valence-corrected chi connectivity index (χ4v) is 8.84. The Bertz CT molecular complexity index is 3310.